The first-order valence-electron chi connectivity index (χ1n) is 7.61. The van der Waals surface area contributed by atoms with E-state index in [-0.39, 0.29) is 11.9 Å². The number of aromatic amines is 1. The maximum Gasteiger partial charge on any atom is 0.268 e. The Morgan fingerprint density at radius 1 is 1.33 bits per heavy atom. The molecule has 3 fully saturated rings. The van der Waals surface area contributed by atoms with E-state index in [1.54, 1.807) is 0 Å². The Kier molecular flexibility index (Phi) is 2.89. The molecule has 2 aromatic rings. The second-order valence-corrected chi connectivity index (χ2v) is 6.21. The van der Waals surface area contributed by atoms with Crippen molar-refractivity contribution in [1.82, 2.24) is 15.2 Å². The molecule has 21 heavy (non-hydrogen) atoms. The first kappa shape index (κ1) is 12.7. The fourth-order valence-corrected chi connectivity index (χ4v) is 3.68. The molecule has 5 heteroatoms. The zero-order valence-corrected chi connectivity index (χ0v) is 11.9. The Balaban J connectivity index is 1.55. The molecule has 1 atom stereocenters. The fraction of sp³-hybridized carbons (Fsp3) is 0.438. The molecule has 3 aliphatic rings. The fourth-order valence-electron chi connectivity index (χ4n) is 3.68. The molecule has 110 valence electrons. The number of anilines is 1. The summed E-state index contributed by atoms with van der Waals surface area (Å²) in [5, 5.41) is 4.17. The number of piperidine rings is 3. The topological polar surface area (TPSA) is 74.2 Å². The number of benzene rings is 1. The average molecular weight is 284 g/mol. The molecular formula is C16H20N4O. The van der Waals surface area contributed by atoms with Crippen molar-refractivity contribution in [1.29, 1.82) is 0 Å². The van der Waals surface area contributed by atoms with Gasteiger partial charge < -0.3 is 20.9 Å². The number of nitrogens with one attached hydrogen (secondary N) is 2. The van der Waals surface area contributed by atoms with Crippen LogP contribution < -0.4 is 11.1 Å². The Hall–Kier alpha value is -2.01. The van der Waals surface area contributed by atoms with Gasteiger partial charge in [-0.3, -0.25) is 4.79 Å². The van der Waals surface area contributed by atoms with Crippen LogP contribution >= 0.6 is 0 Å². The van der Waals surface area contributed by atoms with Gasteiger partial charge in [-0.25, -0.2) is 0 Å². The second kappa shape index (κ2) is 4.77. The summed E-state index contributed by atoms with van der Waals surface area (Å²) in [6.45, 7) is 3.35. The highest BCUT2D eigenvalue weighted by Gasteiger charge is 2.35. The van der Waals surface area contributed by atoms with Crippen LogP contribution in [0, 0.1) is 5.92 Å². The van der Waals surface area contributed by atoms with Gasteiger partial charge in [0.15, 0.2) is 0 Å². The van der Waals surface area contributed by atoms with Gasteiger partial charge in [0, 0.05) is 18.0 Å². The van der Waals surface area contributed by atoms with Crippen molar-refractivity contribution in [3.63, 3.8) is 0 Å². The van der Waals surface area contributed by atoms with Crippen molar-refractivity contribution >= 4 is 22.5 Å². The number of nitrogen functional groups attached to an aromatic ring is 1. The predicted octanol–water partition coefficient (Wildman–Crippen LogP) is 1.57. The number of nitrogens with zero attached hydrogens (tertiary/aromatic N) is 1. The van der Waals surface area contributed by atoms with Crippen molar-refractivity contribution < 1.29 is 4.79 Å². The van der Waals surface area contributed by atoms with Crippen LogP contribution in [0.4, 0.5) is 5.69 Å². The molecule has 2 bridgehead atoms. The molecule has 4 heterocycles. The average Bonchev–Trinajstić information content (AvgIpc) is 2.94. The lowest BCUT2D eigenvalue weighted by Gasteiger charge is -2.44. The van der Waals surface area contributed by atoms with E-state index in [9.17, 15) is 4.79 Å². The van der Waals surface area contributed by atoms with Crippen LogP contribution in [0.15, 0.2) is 24.3 Å². The zero-order chi connectivity index (χ0) is 14.4. The quantitative estimate of drug-likeness (QED) is 0.733. The van der Waals surface area contributed by atoms with Crippen molar-refractivity contribution in [3.05, 3.63) is 30.0 Å². The standard InChI is InChI=1S/C16H20N4O/c17-12-3-1-2-11-8-13(18-15(11)12)16(21)19-14-9-20-6-4-10(14)5-7-20/h1-3,8,10,14,18H,4-7,9,17H2,(H,19,21). The van der Waals surface area contributed by atoms with Crippen LogP contribution in [0.2, 0.25) is 0 Å². The van der Waals surface area contributed by atoms with Crippen LogP contribution in [0.25, 0.3) is 10.9 Å². The number of amides is 1. The molecule has 1 amide bonds. The predicted molar refractivity (Wildman–Crippen MR) is 83.1 cm³/mol. The number of hydrogen-bond acceptors (Lipinski definition) is 3. The zero-order valence-electron chi connectivity index (χ0n) is 11.9. The number of para-hydroxylation sites is 1. The molecule has 3 aliphatic heterocycles. The molecule has 3 saturated heterocycles. The number of hydrogen-bond donors (Lipinski definition) is 3. The van der Waals surface area contributed by atoms with E-state index in [0.717, 1.165) is 17.4 Å². The molecule has 5 rings (SSSR count). The molecule has 0 aliphatic carbocycles. The van der Waals surface area contributed by atoms with Crippen LogP contribution in [-0.4, -0.2) is 41.5 Å². The van der Waals surface area contributed by atoms with E-state index < -0.39 is 0 Å². The lowest BCUT2D eigenvalue weighted by atomic mass is 9.84. The van der Waals surface area contributed by atoms with E-state index in [2.05, 4.69) is 15.2 Å². The lowest BCUT2D eigenvalue weighted by molar-refractivity contribution is 0.0618. The van der Waals surface area contributed by atoms with Crippen molar-refractivity contribution in [3.8, 4) is 0 Å². The molecule has 4 N–H and O–H groups in total. The van der Waals surface area contributed by atoms with Gasteiger partial charge in [-0.15, -0.1) is 0 Å². The highest BCUT2D eigenvalue weighted by atomic mass is 16.2. The monoisotopic (exact) mass is 284 g/mol. The minimum Gasteiger partial charge on any atom is -0.397 e. The number of carbonyl (C=O) groups is 1. The van der Waals surface area contributed by atoms with Gasteiger partial charge in [0.05, 0.1) is 11.2 Å². The third-order valence-corrected chi connectivity index (χ3v) is 4.91. The van der Waals surface area contributed by atoms with E-state index in [1.165, 1.54) is 25.9 Å². The van der Waals surface area contributed by atoms with E-state index in [0.29, 0.717) is 17.3 Å². The molecule has 5 nitrogen and oxygen atoms in total. The van der Waals surface area contributed by atoms with Gasteiger partial charge in [0.2, 0.25) is 0 Å². The summed E-state index contributed by atoms with van der Waals surface area (Å²) in [5.74, 6) is 0.609. The number of rotatable bonds is 2. The SMILES string of the molecule is Nc1cccc2cc(C(=O)NC3CN4CCC3CC4)[nH]c12. The number of aromatic nitrogens is 1. The molecule has 1 aromatic carbocycles. The van der Waals surface area contributed by atoms with Crippen molar-refractivity contribution in [2.24, 2.45) is 5.92 Å². The van der Waals surface area contributed by atoms with Crippen molar-refractivity contribution in [2.45, 2.75) is 18.9 Å². The van der Waals surface area contributed by atoms with Gasteiger partial charge in [-0.2, -0.15) is 0 Å². The largest absolute Gasteiger partial charge is 0.397 e. The first-order chi connectivity index (χ1) is 10.2. The van der Waals surface area contributed by atoms with E-state index >= 15 is 0 Å². The Bertz CT molecular complexity index is 685. The first-order valence-corrected chi connectivity index (χ1v) is 7.61. The van der Waals surface area contributed by atoms with E-state index in [1.807, 2.05) is 24.3 Å². The van der Waals surface area contributed by atoms with Crippen LogP contribution in [0.5, 0.6) is 0 Å². The van der Waals surface area contributed by atoms with Crippen LogP contribution in [0.1, 0.15) is 23.3 Å². The third kappa shape index (κ3) is 2.17. The smallest absolute Gasteiger partial charge is 0.268 e. The van der Waals surface area contributed by atoms with Gasteiger partial charge >= 0.3 is 0 Å². The maximum atomic E-state index is 12.5. The Labute approximate surface area is 123 Å². The minimum atomic E-state index is -0.0238. The normalized spacial score (nSPS) is 27.9. The molecule has 1 aromatic heterocycles. The highest BCUT2D eigenvalue weighted by Crippen LogP contribution is 2.28. The van der Waals surface area contributed by atoms with Gasteiger partial charge in [0.1, 0.15) is 5.69 Å². The van der Waals surface area contributed by atoms with Crippen molar-refractivity contribution in [2.75, 3.05) is 25.4 Å². The molecule has 0 spiro atoms. The second-order valence-electron chi connectivity index (χ2n) is 6.21. The van der Waals surface area contributed by atoms with Gasteiger partial charge in [0.25, 0.3) is 5.91 Å². The number of carbonyl (C=O) groups excluding carboxylic acids is 1. The minimum absolute atomic E-state index is 0.0238. The number of nitrogens with two attached hydrogens (primary N) is 1. The summed E-state index contributed by atoms with van der Waals surface area (Å²) in [7, 11) is 0. The Morgan fingerprint density at radius 3 is 2.81 bits per heavy atom. The lowest BCUT2D eigenvalue weighted by Crippen LogP contribution is -2.57. The maximum absolute atomic E-state index is 12.5. The number of H-pyrrole nitrogens is 1. The summed E-state index contributed by atoms with van der Waals surface area (Å²) >= 11 is 0. The summed E-state index contributed by atoms with van der Waals surface area (Å²) in [5.41, 5.74) is 8.05. The number of fused-ring (bicyclic) bond motifs is 4. The van der Waals surface area contributed by atoms with Crippen LogP contribution in [-0.2, 0) is 0 Å². The third-order valence-electron chi connectivity index (χ3n) is 4.91. The highest BCUT2D eigenvalue weighted by molar-refractivity contribution is 6.00. The van der Waals surface area contributed by atoms with Gasteiger partial charge in [-0.05, 0) is 44.0 Å². The van der Waals surface area contributed by atoms with Gasteiger partial charge in [-0.1, -0.05) is 12.1 Å². The summed E-state index contributed by atoms with van der Waals surface area (Å²) in [4.78, 5) is 18.1. The molecule has 0 radical (unpaired) electrons. The van der Waals surface area contributed by atoms with Crippen LogP contribution in [0.3, 0.4) is 0 Å². The summed E-state index contributed by atoms with van der Waals surface area (Å²) in [6.07, 6.45) is 2.40. The summed E-state index contributed by atoms with van der Waals surface area (Å²) < 4.78 is 0. The Morgan fingerprint density at radius 2 is 2.14 bits per heavy atom. The molecule has 0 saturated carbocycles. The molecular weight excluding hydrogens is 264 g/mol. The summed E-state index contributed by atoms with van der Waals surface area (Å²) in [6, 6.07) is 7.87. The van der Waals surface area contributed by atoms with E-state index in [4.69, 9.17) is 5.73 Å². The molecule has 1 unspecified atom stereocenters.